The van der Waals surface area contributed by atoms with Crippen LogP contribution in [0.15, 0.2) is 109 Å². The summed E-state index contributed by atoms with van der Waals surface area (Å²) in [4.78, 5) is 0. The first-order valence-corrected chi connectivity index (χ1v) is 16.6. The molecule has 0 spiro atoms. The van der Waals surface area contributed by atoms with Crippen molar-refractivity contribution in [2.24, 2.45) is 0 Å². The maximum Gasteiger partial charge on any atom is 0.246 e. The second kappa shape index (κ2) is 11.5. The molecule has 0 aliphatic heterocycles. The van der Waals surface area contributed by atoms with Crippen molar-refractivity contribution in [1.29, 1.82) is 0 Å². The molecule has 0 saturated carbocycles. The van der Waals surface area contributed by atoms with Crippen LogP contribution in [0.3, 0.4) is 0 Å². The second-order valence-electron chi connectivity index (χ2n) is 14.7. The van der Waals surface area contributed by atoms with E-state index in [9.17, 15) is 0 Å². The Morgan fingerprint density at radius 2 is 0.617 bits per heavy atom. The van der Waals surface area contributed by atoms with Gasteiger partial charge in [-0.15, -0.1) is 0 Å². The van der Waals surface area contributed by atoms with Crippen molar-refractivity contribution in [3.05, 3.63) is 160 Å². The van der Waals surface area contributed by atoms with Crippen molar-refractivity contribution in [3.63, 3.8) is 0 Å². The highest BCUT2D eigenvalue weighted by Crippen LogP contribution is 2.38. The van der Waals surface area contributed by atoms with E-state index >= 15 is 0 Å². The molecule has 0 aliphatic carbocycles. The summed E-state index contributed by atoms with van der Waals surface area (Å²) in [5.74, 6) is -0.931. The first kappa shape index (κ1) is 32.2. The quantitative estimate of drug-likeness (QED) is 0.161. The Morgan fingerprint density at radius 3 is 0.851 bits per heavy atom. The van der Waals surface area contributed by atoms with Crippen molar-refractivity contribution in [2.45, 2.75) is 91.3 Å². The van der Waals surface area contributed by atoms with Crippen LogP contribution in [0.2, 0.25) is 0 Å². The molecule has 0 fully saturated rings. The van der Waals surface area contributed by atoms with Crippen molar-refractivity contribution in [1.82, 2.24) is 29.3 Å². The topological polar surface area (TPSA) is 53.5 Å². The number of benzene rings is 3. The third kappa shape index (κ3) is 5.34. The van der Waals surface area contributed by atoms with Gasteiger partial charge < -0.3 is 0 Å². The standard InChI is InChI=1S/C41H48N6/c1-29-26-35(38(4,5)32-20-14-11-15-21-32)42-45(29)41(10,46-30(2)27-36(43-46)39(6,7)33-22-16-12-17-23-33)47-31(3)28-37(44-47)40(8,9)34-24-18-13-19-25-34/h11-28H,1-10H3. The summed E-state index contributed by atoms with van der Waals surface area (Å²) in [7, 11) is 0. The van der Waals surface area contributed by atoms with Gasteiger partial charge >= 0.3 is 0 Å². The fraction of sp³-hybridized carbons (Fsp3) is 0.341. The monoisotopic (exact) mass is 624 g/mol. The van der Waals surface area contributed by atoms with E-state index in [2.05, 4.69) is 192 Å². The minimum Gasteiger partial charge on any atom is -0.222 e. The lowest BCUT2D eigenvalue weighted by molar-refractivity contribution is 0.128. The molecule has 6 rings (SSSR count). The van der Waals surface area contributed by atoms with Crippen molar-refractivity contribution < 1.29 is 0 Å². The minimum absolute atomic E-state index is 0.308. The Morgan fingerprint density at radius 1 is 0.383 bits per heavy atom. The molecule has 3 aromatic carbocycles. The number of rotatable bonds is 9. The molecule has 0 amide bonds. The lowest BCUT2D eigenvalue weighted by Crippen LogP contribution is -2.49. The second-order valence-corrected chi connectivity index (χ2v) is 14.7. The molecule has 6 nitrogen and oxygen atoms in total. The van der Waals surface area contributed by atoms with Gasteiger partial charge in [0.1, 0.15) is 0 Å². The average molecular weight is 625 g/mol. The van der Waals surface area contributed by atoms with E-state index < -0.39 is 5.79 Å². The van der Waals surface area contributed by atoms with Gasteiger partial charge in [0.05, 0.1) is 17.1 Å². The summed E-state index contributed by atoms with van der Waals surface area (Å²) in [5.41, 5.74) is 8.82. The molecule has 0 N–H and O–H groups in total. The fourth-order valence-electron chi connectivity index (χ4n) is 6.90. The highest BCUT2D eigenvalue weighted by Gasteiger charge is 2.42. The third-order valence-electron chi connectivity index (χ3n) is 10.3. The summed E-state index contributed by atoms with van der Waals surface area (Å²) in [6, 6.07) is 38.5. The summed E-state index contributed by atoms with van der Waals surface area (Å²) in [5, 5.41) is 16.3. The molecule has 0 bridgehead atoms. The van der Waals surface area contributed by atoms with E-state index in [-0.39, 0.29) is 16.2 Å². The first-order chi connectivity index (χ1) is 22.2. The Balaban J connectivity index is 1.57. The largest absolute Gasteiger partial charge is 0.246 e. The molecule has 6 heteroatoms. The molecule has 0 aliphatic rings. The van der Waals surface area contributed by atoms with Gasteiger partial charge in [0.25, 0.3) is 0 Å². The molecule has 0 unspecified atom stereocenters. The van der Waals surface area contributed by atoms with Gasteiger partial charge in [-0.1, -0.05) is 133 Å². The number of hydrogen-bond acceptors (Lipinski definition) is 3. The molecular formula is C41H48N6. The van der Waals surface area contributed by atoms with Crippen LogP contribution in [-0.2, 0) is 22.0 Å². The maximum absolute atomic E-state index is 5.42. The van der Waals surface area contributed by atoms with Crippen molar-refractivity contribution in [2.75, 3.05) is 0 Å². The van der Waals surface area contributed by atoms with Crippen LogP contribution in [0.25, 0.3) is 0 Å². The normalized spacial score (nSPS) is 12.9. The van der Waals surface area contributed by atoms with E-state index in [1.165, 1.54) is 16.7 Å². The van der Waals surface area contributed by atoms with Crippen LogP contribution in [0.5, 0.6) is 0 Å². The van der Waals surface area contributed by atoms with Gasteiger partial charge in [-0.05, 0) is 55.7 Å². The van der Waals surface area contributed by atoms with Gasteiger partial charge in [-0.3, -0.25) is 0 Å². The van der Waals surface area contributed by atoms with E-state index in [0.717, 1.165) is 34.2 Å². The van der Waals surface area contributed by atoms with E-state index in [0.29, 0.717) is 0 Å². The Hall–Kier alpha value is -4.71. The van der Waals surface area contributed by atoms with Crippen LogP contribution < -0.4 is 0 Å². The fourth-order valence-corrected chi connectivity index (χ4v) is 6.90. The SMILES string of the molecule is Cc1cc(C(C)(C)c2ccccc2)nn1C(C)(n1nc(C(C)(C)c2ccccc2)cc1C)n1nc(C(C)(C)c2ccccc2)cc1C. The van der Waals surface area contributed by atoms with E-state index in [1.54, 1.807) is 0 Å². The number of hydrogen-bond donors (Lipinski definition) is 0. The lowest BCUT2D eigenvalue weighted by atomic mass is 9.81. The number of aryl methyl sites for hydroxylation is 3. The summed E-state index contributed by atoms with van der Waals surface area (Å²) >= 11 is 0. The molecule has 0 radical (unpaired) electrons. The van der Waals surface area contributed by atoms with Crippen LogP contribution in [0.1, 0.15) is 99.3 Å². The van der Waals surface area contributed by atoms with Crippen molar-refractivity contribution in [3.8, 4) is 0 Å². The predicted molar refractivity (Wildman–Crippen MR) is 191 cm³/mol. The molecular weight excluding hydrogens is 576 g/mol. The third-order valence-corrected chi connectivity index (χ3v) is 10.3. The van der Waals surface area contributed by atoms with Gasteiger partial charge in [0.2, 0.25) is 5.79 Å². The van der Waals surface area contributed by atoms with Crippen LogP contribution >= 0.6 is 0 Å². The smallest absolute Gasteiger partial charge is 0.222 e. The lowest BCUT2D eigenvalue weighted by Gasteiger charge is -2.35. The average Bonchev–Trinajstić information content (AvgIpc) is 3.79. The van der Waals surface area contributed by atoms with Crippen LogP contribution in [0.4, 0.5) is 0 Å². The minimum atomic E-state index is -0.931. The zero-order chi connectivity index (χ0) is 33.8. The number of nitrogens with zero attached hydrogens (tertiary/aromatic N) is 6. The highest BCUT2D eigenvalue weighted by molar-refractivity contribution is 5.38. The predicted octanol–water partition coefficient (Wildman–Crippen LogP) is 8.91. The highest BCUT2D eigenvalue weighted by atomic mass is 15.6. The van der Waals surface area contributed by atoms with E-state index in [1.807, 2.05) is 0 Å². The van der Waals surface area contributed by atoms with Crippen LogP contribution in [-0.4, -0.2) is 29.3 Å². The van der Waals surface area contributed by atoms with Gasteiger partial charge in [0.15, 0.2) is 0 Å². The summed E-state index contributed by atoms with van der Waals surface area (Å²) in [6.07, 6.45) is 0. The summed E-state index contributed by atoms with van der Waals surface area (Å²) < 4.78 is 6.35. The molecule has 0 saturated heterocycles. The molecule has 3 heterocycles. The van der Waals surface area contributed by atoms with E-state index in [4.69, 9.17) is 15.3 Å². The Labute approximate surface area is 280 Å². The number of aromatic nitrogens is 6. The summed E-state index contributed by atoms with van der Waals surface area (Å²) in [6.45, 7) is 22.0. The van der Waals surface area contributed by atoms with Crippen LogP contribution in [0, 0.1) is 20.8 Å². The maximum atomic E-state index is 5.42. The molecule has 6 aromatic rings. The van der Waals surface area contributed by atoms with Crippen molar-refractivity contribution >= 4 is 0 Å². The zero-order valence-electron chi connectivity index (χ0n) is 29.6. The zero-order valence-corrected chi connectivity index (χ0v) is 29.6. The molecule has 0 atom stereocenters. The Bertz CT molecular complexity index is 1760. The molecule has 47 heavy (non-hydrogen) atoms. The van der Waals surface area contributed by atoms with Gasteiger partial charge in [-0.2, -0.15) is 15.3 Å². The molecule has 3 aromatic heterocycles. The first-order valence-electron chi connectivity index (χ1n) is 16.6. The van der Waals surface area contributed by atoms with Gasteiger partial charge in [0, 0.05) is 40.3 Å². The van der Waals surface area contributed by atoms with Gasteiger partial charge in [-0.25, -0.2) is 14.0 Å². The molecule has 242 valence electrons. The Kier molecular flexibility index (Phi) is 7.90.